The van der Waals surface area contributed by atoms with Crippen LogP contribution in [0, 0.1) is 0 Å². The maximum absolute atomic E-state index is 9.85. The number of aliphatic hydroxyl groups is 1. The molecule has 5 heteroatoms. The molecule has 0 aliphatic rings. The van der Waals surface area contributed by atoms with Crippen LogP contribution in [0.3, 0.4) is 0 Å². The zero-order valence-corrected chi connectivity index (χ0v) is 22.1. The van der Waals surface area contributed by atoms with E-state index in [-0.39, 0.29) is 11.6 Å². The first-order valence-corrected chi connectivity index (χ1v) is 13.8. The third-order valence-electron chi connectivity index (χ3n) is 6.40. The summed E-state index contributed by atoms with van der Waals surface area (Å²) in [6.07, 6.45) is 0.487. The van der Waals surface area contributed by atoms with Gasteiger partial charge >= 0.3 is 0 Å². The van der Waals surface area contributed by atoms with Gasteiger partial charge in [-0.3, -0.25) is 0 Å². The number of aliphatic hydroxyl groups excluding tert-OH is 1. The van der Waals surface area contributed by atoms with E-state index in [1.807, 2.05) is 43.3 Å². The van der Waals surface area contributed by atoms with Crippen molar-refractivity contribution in [2.24, 2.45) is 0 Å². The van der Waals surface area contributed by atoms with Crippen LogP contribution in [0.1, 0.15) is 39.7 Å². The minimum Gasteiger partial charge on any atom is -0.497 e. The Morgan fingerprint density at radius 2 is 1.29 bits per heavy atom. The molecule has 1 unspecified atom stereocenters. The Balaban J connectivity index is 1.92. The van der Waals surface area contributed by atoms with Crippen LogP contribution in [0.5, 0.6) is 5.75 Å². The molecule has 0 aliphatic carbocycles. The molecule has 1 atom stereocenters. The van der Waals surface area contributed by atoms with Gasteiger partial charge in [-0.25, -0.2) is 0 Å². The Morgan fingerprint density at radius 1 is 0.765 bits per heavy atom. The first-order chi connectivity index (χ1) is 16.2. The van der Waals surface area contributed by atoms with Crippen LogP contribution in [0.15, 0.2) is 84.9 Å². The Kier molecular flexibility index (Phi) is 8.71. The summed E-state index contributed by atoms with van der Waals surface area (Å²) in [5.74, 6) is 0.817. The second-order valence-corrected chi connectivity index (χ2v) is 14.3. The average Bonchev–Trinajstić information content (AvgIpc) is 2.84. The van der Waals surface area contributed by atoms with E-state index in [0.29, 0.717) is 19.6 Å². The monoisotopic (exact) mass is 478 g/mol. The summed E-state index contributed by atoms with van der Waals surface area (Å²) < 4.78 is 18.8. The largest absolute Gasteiger partial charge is 0.497 e. The predicted octanol–water partition coefficient (Wildman–Crippen LogP) is 4.93. The van der Waals surface area contributed by atoms with Crippen molar-refractivity contribution in [3.05, 3.63) is 90.5 Å². The minimum atomic E-state index is -2.69. The van der Waals surface area contributed by atoms with Gasteiger partial charge in [0.05, 0.1) is 25.9 Å². The van der Waals surface area contributed by atoms with Crippen LogP contribution in [-0.4, -0.2) is 39.3 Å². The topological polar surface area (TPSA) is 47.9 Å². The van der Waals surface area contributed by atoms with Gasteiger partial charge in [0.15, 0.2) is 0 Å². The van der Waals surface area contributed by atoms with E-state index in [4.69, 9.17) is 13.9 Å². The second-order valence-electron chi connectivity index (χ2n) is 10.0. The zero-order chi connectivity index (χ0) is 24.7. The van der Waals surface area contributed by atoms with Crippen molar-refractivity contribution in [3.63, 3.8) is 0 Å². The zero-order valence-electron chi connectivity index (χ0n) is 21.1. The van der Waals surface area contributed by atoms with E-state index in [1.54, 1.807) is 7.11 Å². The van der Waals surface area contributed by atoms with Crippen LogP contribution in [0.25, 0.3) is 0 Å². The lowest BCUT2D eigenvalue weighted by Crippen LogP contribution is -2.67. The highest BCUT2D eigenvalue weighted by Gasteiger charge is 2.51. The quantitative estimate of drug-likeness (QED) is 0.397. The molecule has 3 aromatic rings. The fourth-order valence-electron chi connectivity index (χ4n) is 4.42. The van der Waals surface area contributed by atoms with E-state index in [9.17, 15) is 5.11 Å². The molecule has 0 radical (unpaired) electrons. The van der Waals surface area contributed by atoms with Crippen molar-refractivity contribution in [1.29, 1.82) is 0 Å². The highest BCUT2D eigenvalue weighted by Crippen LogP contribution is 2.37. The van der Waals surface area contributed by atoms with Gasteiger partial charge in [0.2, 0.25) is 0 Å². The van der Waals surface area contributed by atoms with Crippen LogP contribution >= 0.6 is 0 Å². The molecule has 182 valence electrons. The molecular weight excluding hydrogens is 440 g/mol. The smallest absolute Gasteiger partial charge is 0.261 e. The molecule has 0 amide bonds. The van der Waals surface area contributed by atoms with Gasteiger partial charge in [-0.2, -0.15) is 0 Å². The van der Waals surface area contributed by atoms with Crippen LogP contribution in [-0.2, 0) is 15.8 Å². The number of benzene rings is 3. The Morgan fingerprint density at radius 3 is 1.74 bits per heavy atom. The number of hydrogen-bond acceptors (Lipinski definition) is 4. The van der Waals surface area contributed by atoms with Crippen LogP contribution in [0.4, 0.5) is 0 Å². The normalized spacial score (nSPS) is 13.9. The summed E-state index contributed by atoms with van der Waals surface area (Å²) in [6, 6.07) is 29.0. The van der Waals surface area contributed by atoms with Crippen molar-refractivity contribution < 1.29 is 19.0 Å². The number of hydrogen-bond donors (Lipinski definition) is 1. The lowest BCUT2D eigenvalue weighted by Gasteiger charge is -2.45. The Labute approximate surface area is 205 Å². The van der Waals surface area contributed by atoms with Gasteiger partial charge in [-0.05, 0) is 40.0 Å². The highest BCUT2D eigenvalue weighted by atomic mass is 28.4. The minimum absolute atomic E-state index is 0.0310. The molecule has 0 fully saturated rings. The maximum Gasteiger partial charge on any atom is 0.261 e. The van der Waals surface area contributed by atoms with Gasteiger partial charge in [0, 0.05) is 13.0 Å². The Bertz CT molecular complexity index is 960. The number of ether oxygens (including phenoxy) is 2. The van der Waals surface area contributed by atoms with Crippen LogP contribution < -0.4 is 15.1 Å². The molecule has 34 heavy (non-hydrogen) atoms. The second kappa shape index (κ2) is 11.3. The summed E-state index contributed by atoms with van der Waals surface area (Å²) in [7, 11) is -1.03. The van der Waals surface area contributed by atoms with Gasteiger partial charge in [0.25, 0.3) is 8.32 Å². The highest BCUT2D eigenvalue weighted by molar-refractivity contribution is 6.99. The fourth-order valence-corrected chi connectivity index (χ4v) is 9.10. The fraction of sp³-hybridized carbons (Fsp3) is 0.379. The average molecular weight is 479 g/mol. The third kappa shape index (κ3) is 5.97. The molecule has 1 N–H and O–H groups in total. The lowest BCUT2D eigenvalue weighted by molar-refractivity contribution is -0.0840. The van der Waals surface area contributed by atoms with E-state index in [2.05, 4.69) is 69.3 Å². The van der Waals surface area contributed by atoms with Crippen molar-refractivity contribution in [2.45, 2.75) is 51.4 Å². The summed E-state index contributed by atoms with van der Waals surface area (Å²) in [6.45, 7) is 9.68. The van der Waals surface area contributed by atoms with Crippen molar-refractivity contribution in [3.8, 4) is 5.75 Å². The van der Waals surface area contributed by atoms with Gasteiger partial charge in [0.1, 0.15) is 5.75 Å². The van der Waals surface area contributed by atoms with Gasteiger partial charge < -0.3 is 19.0 Å². The molecule has 3 rings (SSSR count). The lowest BCUT2D eigenvalue weighted by atomic mass is 10.0. The van der Waals surface area contributed by atoms with E-state index in [1.165, 1.54) is 10.4 Å². The van der Waals surface area contributed by atoms with Crippen molar-refractivity contribution in [2.75, 3.05) is 20.3 Å². The first-order valence-electron chi connectivity index (χ1n) is 11.9. The standard InChI is InChI=1S/C29H38O4Si/c1-28(2,3)34(26-12-8-6-9-13-26,27-14-10-7-11-15-27)33-23-29(4,20-21-30)32-22-24-16-18-25(31-5)19-17-24/h6-19,30H,20-23H2,1-5H3. The predicted molar refractivity (Wildman–Crippen MR) is 141 cm³/mol. The summed E-state index contributed by atoms with van der Waals surface area (Å²) >= 11 is 0. The van der Waals surface area contributed by atoms with Gasteiger partial charge in [-0.15, -0.1) is 0 Å². The molecule has 0 saturated heterocycles. The maximum atomic E-state index is 9.85. The number of rotatable bonds is 11. The molecule has 0 aliphatic heterocycles. The molecule has 0 aromatic heterocycles. The first kappa shape index (κ1) is 26.2. The molecule has 3 aromatic carbocycles. The van der Waals surface area contributed by atoms with Crippen LogP contribution in [0.2, 0.25) is 5.04 Å². The summed E-state index contributed by atoms with van der Waals surface area (Å²) in [4.78, 5) is 0. The molecule has 0 saturated carbocycles. The summed E-state index contributed by atoms with van der Waals surface area (Å²) in [5.41, 5.74) is 0.414. The number of methoxy groups -OCH3 is 1. The third-order valence-corrected chi connectivity index (χ3v) is 11.4. The molecular formula is C29H38O4Si. The Hall–Kier alpha value is -2.44. The molecule has 4 nitrogen and oxygen atoms in total. The van der Waals surface area contributed by atoms with Crippen molar-refractivity contribution in [1.82, 2.24) is 0 Å². The van der Waals surface area contributed by atoms with E-state index >= 15 is 0 Å². The van der Waals surface area contributed by atoms with E-state index < -0.39 is 13.9 Å². The SMILES string of the molecule is COc1ccc(COC(C)(CCO)CO[Si](c2ccccc2)(c2ccccc2)C(C)(C)C)cc1. The van der Waals surface area contributed by atoms with Gasteiger partial charge in [-0.1, -0.05) is 93.6 Å². The molecule has 0 spiro atoms. The molecule has 0 bridgehead atoms. The summed E-state index contributed by atoms with van der Waals surface area (Å²) in [5, 5.41) is 12.2. The van der Waals surface area contributed by atoms with Crippen molar-refractivity contribution >= 4 is 18.7 Å². The van der Waals surface area contributed by atoms with E-state index in [0.717, 1.165) is 11.3 Å². The molecule has 0 heterocycles.